The molecule has 0 aromatic carbocycles. The predicted molar refractivity (Wildman–Crippen MR) is 91.7 cm³/mol. The Morgan fingerprint density at radius 1 is 1.25 bits per heavy atom. The van der Waals surface area contributed by atoms with Gasteiger partial charge in [0.15, 0.2) is 0 Å². The first kappa shape index (κ1) is 19.0. The van der Waals surface area contributed by atoms with E-state index in [1.54, 1.807) is 4.90 Å². The zero-order valence-corrected chi connectivity index (χ0v) is 15.3. The minimum Gasteiger partial charge on any atom is -0.444 e. The maximum atomic E-state index is 12.2. The number of hydrogen-bond acceptors (Lipinski definition) is 4. The molecule has 2 rings (SSSR count). The second kappa shape index (κ2) is 8.70. The van der Waals surface area contributed by atoms with Gasteiger partial charge in [0.05, 0.1) is 12.5 Å². The fraction of sp³-hybridized carbons (Fsp3) is 0.889. The quantitative estimate of drug-likeness (QED) is 0.835. The van der Waals surface area contributed by atoms with E-state index in [1.807, 2.05) is 20.8 Å². The Morgan fingerprint density at radius 3 is 2.71 bits per heavy atom. The number of nitrogens with zero attached hydrogens (tertiary/aromatic N) is 1. The van der Waals surface area contributed by atoms with Crippen molar-refractivity contribution in [1.82, 2.24) is 10.2 Å². The number of rotatable bonds is 5. The van der Waals surface area contributed by atoms with E-state index in [0.29, 0.717) is 18.9 Å². The Kier molecular flexibility index (Phi) is 6.90. The third kappa shape index (κ3) is 6.67. The molecule has 138 valence electrons. The lowest BCUT2D eigenvalue weighted by atomic mass is 9.95. The fourth-order valence-corrected chi connectivity index (χ4v) is 3.29. The van der Waals surface area contributed by atoms with Crippen molar-refractivity contribution in [2.45, 2.75) is 71.0 Å². The minimum absolute atomic E-state index is 0.0710. The molecule has 2 atom stereocenters. The molecule has 0 aromatic heterocycles. The molecule has 0 saturated carbocycles. The highest BCUT2D eigenvalue weighted by Crippen LogP contribution is 2.21. The summed E-state index contributed by atoms with van der Waals surface area (Å²) in [5, 5.41) is 2.99. The van der Waals surface area contributed by atoms with Crippen molar-refractivity contribution in [3.05, 3.63) is 0 Å². The first-order valence-electron chi connectivity index (χ1n) is 9.20. The molecule has 24 heavy (non-hydrogen) atoms. The third-order valence-electron chi connectivity index (χ3n) is 4.48. The normalized spacial score (nSPS) is 24.7. The third-order valence-corrected chi connectivity index (χ3v) is 4.48. The molecular formula is C18H32N2O4. The van der Waals surface area contributed by atoms with E-state index in [0.717, 1.165) is 51.8 Å². The highest BCUT2D eigenvalue weighted by molar-refractivity contribution is 5.76. The predicted octanol–water partition coefficient (Wildman–Crippen LogP) is 2.71. The Balaban J connectivity index is 1.65. The highest BCUT2D eigenvalue weighted by Gasteiger charge is 2.27. The van der Waals surface area contributed by atoms with Crippen molar-refractivity contribution in [2.75, 3.05) is 26.2 Å². The van der Waals surface area contributed by atoms with E-state index in [1.165, 1.54) is 0 Å². The first-order chi connectivity index (χ1) is 11.3. The van der Waals surface area contributed by atoms with Gasteiger partial charge in [-0.05, 0) is 58.8 Å². The molecule has 6 nitrogen and oxygen atoms in total. The lowest BCUT2D eigenvalue weighted by Gasteiger charge is -2.34. The van der Waals surface area contributed by atoms with E-state index in [-0.39, 0.29) is 18.1 Å². The fourth-order valence-electron chi connectivity index (χ4n) is 3.29. The summed E-state index contributed by atoms with van der Waals surface area (Å²) in [5.74, 6) is 0.496. The Bertz CT molecular complexity index is 427. The largest absolute Gasteiger partial charge is 0.444 e. The lowest BCUT2D eigenvalue weighted by molar-refractivity contribution is -0.123. The number of piperidine rings is 1. The molecule has 0 aliphatic carbocycles. The first-order valence-corrected chi connectivity index (χ1v) is 9.20. The van der Waals surface area contributed by atoms with Crippen LogP contribution in [0.25, 0.3) is 0 Å². The zero-order chi connectivity index (χ0) is 17.6. The van der Waals surface area contributed by atoms with E-state index in [9.17, 15) is 9.59 Å². The smallest absolute Gasteiger partial charge is 0.410 e. The topological polar surface area (TPSA) is 67.9 Å². The van der Waals surface area contributed by atoms with Crippen molar-refractivity contribution < 1.29 is 19.1 Å². The summed E-state index contributed by atoms with van der Waals surface area (Å²) < 4.78 is 10.9. The molecule has 1 N–H and O–H groups in total. The number of hydrogen-bond donors (Lipinski definition) is 1. The summed E-state index contributed by atoms with van der Waals surface area (Å²) in [5.41, 5.74) is -0.458. The molecule has 0 unspecified atom stereocenters. The average Bonchev–Trinajstić information content (AvgIpc) is 2.98. The molecule has 2 aliphatic rings. The minimum atomic E-state index is -0.458. The summed E-state index contributed by atoms with van der Waals surface area (Å²) in [6.45, 7) is 8.58. The van der Waals surface area contributed by atoms with Crippen molar-refractivity contribution in [1.29, 1.82) is 0 Å². The highest BCUT2D eigenvalue weighted by atomic mass is 16.6. The van der Waals surface area contributed by atoms with Gasteiger partial charge < -0.3 is 19.7 Å². The van der Waals surface area contributed by atoms with E-state index >= 15 is 0 Å². The van der Waals surface area contributed by atoms with Crippen LogP contribution in [0, 0.1) is 5.92 Å². The van der Waals surface area contributed by atoms with Crippen molar-refractivity contribution in [3.8, 4) is 0 Å². The van der Waals surface area contributed by atoms with Gasteiger partial charge in [0, 0.05) is 26.2 Å². The van der Waals surface area contributed by atoms with Crippen LogP contribution in [0.1, 0.15) is 59.3 Å². The van der Waals surface area contributed by atoms with Crippen molar-refractivity contribution in [3.63, 3.8) is 0 Å². The Labute approximate surface area is 145 Å². The number of carbonyl (C=O) groups excluding carboxylic acids is 2. The van der Waals surface area contributed by atoms with Gasteiger partial charge in [-0.3, -0.25) is 4.79 Å². The SMILES string of the molecule is CC(C)(C)OC(=O)N1CCC[C@H](CCNC(=O)C[C@H]2CCCO2)C1. The maximum absolute atomic E-state index is 12.2. The van der Waals surface area contributed by atoms with Gasteiger partial charge >= 0.3 is 6.09 Å². The molecule has 2 fully saturated rings. The van der Waals surface area contributed by atoms with Crippen LogP contribution < -0.4 is 5.32 Å². The Morgan fingerprint density at radius 2 is 2.04 bits per heavy atom. The van der Waals surface area contributed by atoms with Crippen LogP contribution in [0.5, 0.6) is 0 Å². The standard InChI is InChI=1S/C18H32N2O4/c1-18(2,3)24-17(22)20-10-4-6-14(13-20)8-9-19-16(21)12-15-7-5-11-23-15/h14-15H,4-13H2,1-3H3,(H,19,21)/t14-,15-/m1/s1. The summed E-state index contributed by atoms with van der Waals surface area (Å²) in [4.78, 5) is 25.8. The summed E-state index contributed by atoms with van der Waals surface area (Å²) >= 11 is 0. The summed E-state index contributed by atoms with van der Waals surface area (Å²) in [6, 6.07) is 0. The maximum Gasteiger partial charge on any atom is 0.410 e. The monoisotopic (exact) mass is 340 g/mol. The van der Waals surface area contributed by atoms with Crippen LogP contribution in [0.4, 0.5) is 4.79 Å². The van der Waals surface area contributed by atoms with Crippen molar-refractivity contribution >= 4 is 12.0 Å². The second-order valence-corrected chi connectivity index (χ2v) is 7.91. The van der Waals surface area contributed by atoms with Gasteiger partial charge in [-0.2, -0.15) is 0 Å². The lowest BCUT2D eigenvalue weighted by Crippen LogP contribution is -2.43. The molecule has 0 bridgehead atoms. The molecule has 0 radical (unpaired) electrons. The van der Waals surface area contributed by atoms with E-state index < -0.39 is 5.60 Å². The van der Waals surface area contributed by atoms with Gasteiger partial charge in [-0.25, -0.2) is 4.79 Å². The molecule has 2 amide bonds. The molecular weight excluding hydrogens is 308 g/mol. The summed E-state index contributed by atoms with van der Waals surface area (Å²) in [7, 11) is 0. The number of carbonyl (C=O) groups is 2. The molecule has 6 heteroatoms. The number of ether oxygens (including phenoxy) is 2. The van der Waals surface area contributed by atoms with Crippen LogP contribution in [0.15, 0.2) is 0 Å². The van der Waals surface area contributed by atoms with E-state index in [4.69, 9.17) is 9.47 Å². The molecule has 2 saturated heterocycles. The van der Waals surface area contributed by atoms with E-state index in [2.05, 4.69) is 5.32 Å². The van der Waals surface area contributed by atoms with Gasteiger partial charge in [0.2, 0.25) is 5.91 Å². The van der Waals surface area contributed by atoms with Gasteiger partial charge in [0.25, 0.3) is 0 Å². The zero-order valence-electron chi connectivity index (χ0n) is 15.3. The molecule has 0 aromatic rings. The van der Waals surface area contributed by atoms with Crippen LogP contribution in [0.2, 0.25) is 0 Å². The number of likely N-dealkylation sites (tertiary alicyclic amines) is 1. The van der Waals surface area contributed by atoms with Crippen LogP contribution in [-0.4, -0.2) is 54.8 Å². The van der Waals surface area contributed by atoms with Crippen LogP contribution in [-0.2, 0) is 14.3 Å². The number of nitrogens with one attached hydrogen (secondary N) is 1. The van der Waals surface area contributed by atoms with Crippen LogP contribution in [0.3, 0.4) is 0 Å². The van der Waals surface area contributed by atoms with Gasteiger partial charge in [0.1, 0.15) is 5.60 Å². The van der Waals surface area contributed by atoms with Crippen LogP contribution >= 0.6 is 0 Å². The second-order valence-electron chi connectivity index (χ2n) is 7.91. The Hall–Kier alpha value is -1.30. The van der Waals surface area contributed by atoms with Crippen molar-refractivity contribution in [2.24, 2.45) is 5.92 Å². The van der Waals surface area contributed by atoms with Gasteiger partial charge in [-0.15, -0.1) is 0 Å². The number of amides is 2. The van der Waals surface area contributed by atoms with Gasteiger partial charge in [-0.1, -0.05) is 0 Å². The molecule has 0 spiro atoms. The molecule has 2 aliphatic heterocycles. The summed E-state index contributed by atoms with van der Waals surface area (Å²) in [6.07, 6.45) is 5.37. The average molecular weight is 340 g/mol. The molecule has 2 heterocycles.